The predicted octanol–water partition coefficient (Wildman–Crippen LogP) is 1.57. The van der Waals surface area contributed by atoms with Crippen molar-refractivity contribution in [3.05, 3.63) is 22.4 Å². The van der Waals surface area contributed by atoms with E-state index in [0.29, 0.717) is 10.8 Å². The molecule has 0 aromatic carbocycles. The van der Waals surface area contributed by atoms with E-state index in [4.69, 9.17) is 4.74 Å². The van der Waals surface area contributed by atoms with Gasteiger partial charge in [-0.1, -0.05) is 6.07 Å². The largest absolute Gasteiger partial charge is 0.455 e. The number of esters is 1. The van der Waals surface area contributed by atoms with E-state index in [1.807, 2.05) is 0 Å². The van der Waals surface area contributed by atoms with Crippen LogP contribution < -0.4 is 0 Å². The summed E-state index contributed by atoms with van der Waals surface area (Å²) in [5.74, 6) is -0.771. The molecule has 0 aliphatic carbocycles. The summed E-state index contributed by atoms with van der Waals surface area (Å²) in [6, 6.07) is 3.42. The van der Waals surface area contributed by atoms with Crippen LogP contribution in [0.1, 0.15) is 22.5 Å². The van der Waals surface area contributed by atoms with E-state index in [1.165, 1.54) is 11.3 Å². The van der Waals surface area contributed by atoms with Crippen LogP contribution in [-0.4, -0.2) is 42.4 Å². The van der Waals surface area contributed by atoms with Crippen molar-refractivity contribution in [2.75, 3.05) is 19.6 Å². The SMILES string of the molecule is O=C(O[C@H]1CN2CCC1CC2)C(=O)c1cccs1. The molecule has 2 bridgehead atoms. The average Bonchev–Trinajstić information content (AvgIpc) is 2.93. The molecule has 3 aliphatic rings. The molecule has 96 valence electrons. The fraction of sp³-hybridized carbons (Fsp3) is 0.538. The highest BCUT2D eigenvalue weighted by Gasteiger charge is 2.37. The first-order valence-corrected chi connectivity index (χ1v) is 7.13. The van der Waals surface area contributed by atoms with Crippen molar-refractivity contribution >= 4 is 23.1 Å². The lowest BCUT2D eigenvalue weighted by atomic mass is 9.86. The molecule has 0 radical (unpaired) electrons. The minimum atomic E-state index is -0.698. The van der Waals surface area contributed by atoms with Gasteiger partial charge in [0.05, 0.1) is 4.88 Å². The maximum absolute atomic E-state index is 11.8. The Morgan fingerprint density at radius 2 is 2.11 bits per heavy atom. The smallest absolute Gasteiger partial charge is 0.380 e. The van der Waals surface area contributed by atoms with Gasteiger partial charge in [0, 0.05) is 6.54 Å². The quantitative estimate of drug-likeness (QED) is 0.473. The van der Waals surface area contributed by atoms with Crippen LogP contribution in [0.4, 0.5) is 0 Å². The maximum Gasteiger partial charge on any atom is 0.380 e. The third-order valence-electron chi connectivity index (χ3n) is 3.78. The Morgan fingerprint density at radius 3 is 2.67 bits per heavy atom. The number of fused-ring (bicyclic) bond motifs is 3. The Kier molecular flexibility index (Phi) is 3.18. The number of Topliss-reactive ketones (excluding diaryl/α,β-unsaturated/α-hetero) is 1. The Morgan fingerprint density at radius 1 is 1.33 bits per heavy atom. The minimum absolute atomic E-state index is 0.0936. The average molecular weight is 265 g/mol. The molecule has 0 N–H and O–H groups in total. The summed E-state index contributed by atoms with van der Waals surface area (Å²) in [6.45, 7) is 2.98. The van der Waals surface area contributed by atoms with Crippen molar-refractivity contribution in [3.8, 4) is 0 Å². The van der Waals surface area contributed by atoms with E-state index in [2.05, 4.69) is 4.90 Å². The first-order chi connectivity index (χ1) is 8.74. The Labute approximate surface area is 110 Å². The number of ketones is 1. The van der Waals surface area contributed by atoms with Crippen LogP contribution in [0.2, 0.25) is 0 Å². The first kappa shape index (κ1) is 11.9. The number of ether oxygens (including phenoxy) is 1. The van der Waals surface area contributed by atoms with Crippen molar-refractivity contribution in [1.29, 1.82) is 0 Å². The lowest BCUT2D eigenvalue weighted by Crippen LogP contribution is -2.52. The molecule has 1 aromatic rings. The zero-order chi connectivity index (χ0) is 12.5. The molecular weight excluding hydrogens is 250 g/mol. The molecule has 4 heterocycles. The van der Waals surface area contributed by atoms with Crippen LogP contribution in [0.3, 0.4) is 0 Å². The molecule has 3 aliphatic heterocycles. The molecule has 5 heteroatoms. The van der Waals surface area contributed by atoms with Crippen molar-refractivity contribution < 1.29 is 14.3 Å². The molecule has 4 nitrogen and oxygen atoms in total. The molecule has 1 aromatic heterocycles. The van der Waals surface area contributed by atoms with Gasteiger partial charge in [-0.05, 0) is 43.3 Å². The second kappa shape index (κ2) is 4.82. The van der Waals surface area contributed by atoms with Gasteiger partial charge in [0.25, 0.3) is 5.78 Å². The second-order valence-corrected chi connectivity index (χ2v) is 5.84. The zero-order valence-corrected chi connectivity index (χ0v) is 10.8. The van der Waals surface area contributed by atoms with Crippen molar-refractivity contribution in [3.63, 3.8) is 0 Å². The summed E-state index contributed by atoms with van der Waals surface area (Å²) in [5, 5.41) is 1.79. The topological polar surface area (TPSA) is 46.6 Å². The molecule has 0 unspecified atom stereocenters. The summed E-state index contributed by atoms with van der Waals surface area (Å²) in [5.41, 5.74) is 0. The van der Waals surface area contributed by atoms with Gasteiger partial charge in [0.15, 0.2) is 0 Å². The van der Waals surface area contributed by atoms with Crippen LogP contribution in [0.5, 0.6) is 0 Å². The van der Waals surface area contributed by atoms with Gasteiger partial charge in [-0.3, -0.25) is 9.69 Å². The van der Waals surface area contributed by atoms with Gasteiger partial charge < -0.3 is 4.74 Å². The number of hydrogen-bond acceptors (Lipinski definition) is 5. The maximum atomic E-state index is 11.8. The number of piperidine rings is 3. The fourth-order valence-electron chi connectivity index (χ4n) is 2.74. The standard InChI is InChI=1S/C13H15NO3S/c15-12(11-2-1-7-18-11)13(16)17-10-8-14-5-3-9(10)4-6-14/h1-2,7,9-10H,3-6,8H2/t10-/m0/s1. The molecule has 0 spiro atoms. The highest BCUT2D eigenvalue weighted by molar-refractivity contribution is 7.12. The molecule has 3 saturated heterocycles. The molecule has 3 fully saturated rings. The lowest BCUT2D eigenvalue weighted by molar-refractivity contribution is -0.152. The molecule has 1 atom stereocenters. The Balaban J connectivity index is 1.63. The number of carbonyl (C=O) groups excluding carboxylic acids is 2. The molecular formula is C13H15NO3S. The van der Waals surface area contributed by atoms with Crippen molar-refractivity contribution in [2.24, 2.45) is 5.92 Å². The normalized spacial score (nSPS) is 30.1. The number of hydrogen-bond donors (Lipinski definition) is 0. The monoisotopic (exact) mass is 265 g/mol. The van der Waals surface area contributed by atoms with Crippen molar-refractivity contribution in [2.45, 2.75) is 18.9 Å². The summed E-state index contributed by atoms with van der Waals surface area (Å²) in [4.78, 5) is 26.4. The van der Waals surface area contributed by atoms with E-state index in [0.717, 1.165) is 32.5 Å². The summed E-state index contributed by atoms with van der Waals surface area (Å²) in [6.07, 6.45) is 2.06. The summed E-state index contributed by atoms with van der Waals surface area (Å²) >= 11 is 1.28. The van der Waals surface area contributed by atoms with E-state index in [9.17, 15) is 9.59 Å². The van der Waals surface area contributed by atoms with Gasteiger partial charge >= 0.3 is 5.97 Å². The van der Waals surface area contributed by atoms with Crippen LogP contribution in [0, 0.1) is 5.92 Å². The van der Waals surface area contributed by atoms with Gasteiger partial charge in [0.1, 0.15) is 6.10 Å². The van der Waals surface area contributed by atoms with E-state index >= 15 is 0 Å². The van der Waals surface area contributed by atoms with E-state index < -0.39 is 11.8 Å². The molecule has 0 saturated carbocycles. The molecule has 18 heavy (non-hydrogen) atoms. The van der Waals surface area contributed by atoms with E-state index in [1.54, 1.807) is 17.5 Å². The number of rotatable bonds is 3. The lowest BCUT2D eigenvalue weighted by Gasteiger charge is -2.43. The fourth-order valence-corrected chi connectivity index (χ4v) is 3.39. The van der Waals surface area contributed by atoms with Gasteiger partial charge in [-0.15, -0.1) is 11.3 Å². The van der Waals surface area contributed by atoms with Crippen LogP contribution >= 0.6 is 11.3 Å². The third kappa shape index (κ3) is 2.20. The van der Waals surface area contributed by atoms with Gasteiger partial charge in [0.2, 0.25) is 0 Å². The zero-order valence-electron chi connectivity index (χ0n) is 10.0. The first-order valence-electron chi connectivity index (χ1n) is 6.25. The highest BCUT2D eigenvalue weighted by atomic mass is 32.1. The van der Waals surface area contributed by atoms with Crippen LogP contribution in [0.25, 0.3) is 0 Å². The molecule has 4 rings (SSSR count). The van der Waals surface area contributed by atoms with Crippen LogP contribution in [0.15, 0.2) is 17.5 Å². The van der Waals surface area contributed by atoms with Crippen molar-refractivity contribution in [1.82, 2.24) is 4.90 Å². The van der Waals surface area contributed by atoms with Gasteiger partial charge in [-0.25, -0.2) is 4.79 Å². The minimum Gasteiger partial charge on any atom is -0.455 e. The predicted molar refractivity (Wildman–Crippen MR) is 67.7 cm³/mol. The highest BCUT2D eigenvalue weighted by Crippen LogP contribution is 2.29. The van der Waals surface area contributed by atoms with Crippen LogP contribution in [-0.2, 0) is 9.53 Å². The number of carbonyl (C=O) groups is 2. The van der Waals surface area contributed by atoms with E-state index in [-0.39, 0.29) is 6.10 Å². The number of nitrogens with zero attached hydrogens (tertiary/aromatic N) is 1. The Bertz CT molecular complexity index is 449. The number of thiophene rings is 1. The third-order valence-corrected chi connectivity index (χ3v) is 4.65. The van der Waals surface area contributed by atoms with Gasteiger partial charge in [-0.2, -0.15) is 0 Å². The Hall–Kier alpha value is -1.20. The molecule has 0 amide bonds. The summed E-state index contributed by atoms with van der Waals surface area (Å²) in [7, 11) is 0. The summed E-state index contributed by atoms with van der Waals surface area (Å²) < 4.78 is 5.39. The second-order valence-electron chi connectivity index (χ2n) is 4.89.